The maximum absolute atomic E-state index is 14.0. The molecule has 0 radical (unpaired) electrons. The third kappa shape index (κ3) is 6.19. The van der Waals surface area contributed by atoms with Crippen molar-refractivity contribution in [3.8, 4) is 0 Å². The summed E-state index contributed by atoms with van der Waals surface area (Å²) in [4.78, 5) is 55.0. The van der Waals surface area contributed by atoms with E-state index in [-0.39, 0.29) is 35.3 Å². The quantitative estimate of drug-likeness (QED) is 0.192. The average molecular weight is 714 g/mol. The number of halogens is 2. The number of carbonyl (C=O) groups excluding carboxylic acids is 3. The summed E-state index contributed by atoms with van der Waals surface area (Å²) in [5, 5.41) is 13.3. The van der Waals surface area contributed by atoms with Gasteiger partial charge in [0.1, 0.15) is 11.6 Å². The third-order valence-electron chi connectivity index (χ3n) is 11.5. The molecule has 1 aromatic carbocycles. The highest BCUT2D eigenvalue weighted by atomic mass is 19.3. The molecule has 15 heteroatoms. The molecular weight excluding hydrogens is 672 g/mol. The minimum atomic E-state index is -2.84. The van der Waals surface area contributed by atoms with E-state index in [1.807, 2.05) is 12.1 Å². The summed E-state index contributed by atoms with van der Waals surface area (Å²) in [7, 11) is 1.76. The Hall–Kier alpha value is -5.21. The predicted octanol–water partition coefficient (Wildman–Crippen LogP) is 5.84. The molecule has 52 heavy (non-hydrogen) atoms. The molecule has 1 saturated heterocycles. The van der Waals surface area contributed by atoms with Gasteiger partial charge in [-0.15, -0.1) is 0 Å². The van der Waals surface area contributed by atoms with Gasteiger partial charge < -0.3 is 5.32 Å². The number of aryl methyl sites for hydroxylation is 1. The van der Waals surface area contributed by atoms with Crippen molar-refractivity contribution in [2.75, 3.05) is 5.32 Å². The lowest BCUT2D eigenvalue weighted by atomic mass is 9.73. The van der Waals surface area contributed by atoms with Gasteiger partial charge in [-0.25, -0.2) is 23.1 Å². The number of amides is 3. The smallest absolute Gasteiger partial charge is 0.319 e. The van der Waals surface area contributed by atoms with Crippen LogP contribution in [-0.2, 0) is 16.6 Å². The van der Waals surface area contributed by atoms with E-state index < -0.39 is 30.0 Å². The van der Waals surface area contributed by atoms with Crippen LogP contribution >= 0.6 is 0 Å². The topological polar surface area (TPSA) is 150 Å². The van der Waals surface area contributed by atoms with Crippen molar-refractivity contribution < 1.29 is 23.2 Å². The lowest BCUT2D eigenvalue weighted by Gasteiger charge is -2.34. The molecule has 5 aromatic rings. The first-order chi connectivity index (χ1) is 25.2. The van der Waals surface area contributed by atoms with Gasteiger partial charge in [0.2, 0.25) is 11.8 Å². The van der Waals surface area contributed by atoms with Gasteiger partial charge in [-0.1, -0.05) is 12.1 Å². The van der Waals surface area contributed by atoms with E-state index in [2.05, 4.69) is 31.9 Å². The molecule has 2 N–H and O–H groups in total. The average Bonchev–Trinajstić information content (AvgIpc) is 3.84. The van der Waals surface area contributed by atoms with Crippen molar-refractivity contribution in [2.45, 2.75) is 95.1 Å². The monoisotopic (exact) mass is 713 g/mol. The number of aromatic nitrogens is 7. The molecule has 3 fully saturated rings. The summed E-state index contributed by atoms with van der Waals surface area (Å²) >= 11 is 0. The SMILES string of the molecule is Cn1c(=O)n(C2CCC(=O)NC2=O)c2cccc(C3CCC(C[C@H]4CC[C@H](n5cc(NC(=O)c6cnn7cccnc67)c(C(F)F)n5)CC4)CC3)c21. The third-order valence-corrected chi connectivity index (χ3v) is 11.5. The van der Waals surface area contributed by atoms with E-state index in [9.17, 15) is 28.0 Å². The van der Waals surface area contributed by atoms with Crippen molar-refractivity contribution in [3.63, 3.8) is 0 Å². The summed E-state index contributed by atoms with van der Waals surface area (Å²) in [6.07, 6.45) is 12.7. The van der Waals surface area contributed by atoms with Crippen LogP contribution in [0.5, 0.6) is 0 Å². The van der Waals surface area contributed by atoms with E-state index in [0.29, 0.717) is 29.8 Å². The largest absolute Gasteiger partial charge is 0.329 e. The maximum atomic E-state index is 14.0. The number of carbonyl (C=O) groups is 3. The highest BCUT2D eigenvalue weighted by molar-refractivity contribution is 6.08. The summed E-state index contributed by atoms with van der Waals surface area (Å²) < 4.78 is 34.3. The Bertz CT molecular complexity index is 2220. The lowest BCUT2D eigenvalue weighted by Crippen LogP contribution is -2.44. The van der Waals surface area contributed by atoms with Gasteiger partial charge in [-0.05, 0) is 99.7 Å². The second-order valence-electron chi connectivity index (χ2n) is 14.6. The summed E-state index contributed by atoms with van der Waals surface area (Å²) in [5.41, 5.74) is 2.56. The first-order valence-corrected chi connectivity index (χ1v) is 18.2. The fraction of sp³-hybridized carbons (Fsp3) is 0.486. The van der Waals surface area contributed by atoms with Crippen molar-refractivity contribution in [3.05, 3.63) is 76.4 Å². The Morgan fingerprint density at radius 1 is 1.00 bits per heavy atom. The molecule has 0 bridgehead atoms. The molecular formula is C37H41F2N9O4. The second kappa shape index (κ2) is 13.7. The van der Waals surface area contributed by atoms with Crippen molar-refractivity contribution in [2.24, 2.45) is 18.9 Å². The number of hydrogen-bond donors (Lipinski definition) is 2. The molecule has 2 aliphatic carbocycles. The number of imide groups is 1. The number of para-hydroxylation sites is 1. The van der Waals surface area contributed by atoms with Crippen molar-refractivity contribution in [1.82, 2.24) is 38.8 Å². The first kappa shape index (κ1) is 33.9. The lowest BCUT2D eigenvalue weighted by molar-refractivity contribution is -0.135. The molecule has 4 aromatic heterocycles. The number of piperidine rings is 1. The van der Waals surface area contributed by atoms with E-state index in [1.165, 1.54) is 23.1 Å². The van der Waals surface area contributed by atoms with Crippen LogP contribution in [0.3, 0.4) is 0 Å². The number of nitrogens with zero attached hydrogens (tertiary/aromatic N) is 7. The van der Waals surface area contributed by atoms with Gasteiger partial charge >= 0.3 is 5.69 Å². The highest BCUT2D eigenvalue weighted by Crippen LogP contribution is 2.44. The van der Waals surface area contributed by atoms with Gasteiger partial charge in [-0.2, -0.15) is 10.2 Å². The van der Waals surface area contributed by atoms with Crippen LogP contribution < -0.4 is 16.3 Å². The van der Waals surface area contributed by atoms with Crippen LogP contribution in [0.4, 0.5) is 14.5 Å². The molecule has 8 rings (SSSR count). The summed E-state index contributed by atoms with van der Waals surface area (Å²) in [6.45, 7) is 0. The fourth-order valence-corrected chi connectivity index (χ4v) is 8.88. The van der Waals surface area contributed by atoms with Crippen LogP contribution in [0.1, 0.15) is 117 Å². The number of rotatable bonds is 8. The normalized spacial score (nSPS) is 24.1. The predicted molar refractivity (Wildman–Crippen MR) is 187 cm³/mol. The zero-order chi connectivity index (χ0) is 36.1. The second-order valence-corrected chi connectivity index (χ2v) is 14.6. The number of nitrogens with one attached hydrogen (secondary N) is 2. The van der Waals surface area contributed by atoms with E-state index >= 15 is 0 Å². The van der Waals surface area contributed by atoms with Gasteiger partial charge in [0.05, 0.1) is 29.0 Å². The molecule has 1 aliphatic heterocycles. The Labute approximate surface area is 297 Å². The van der Waals surface area contributed by atoms with E-state index in [4.69, 9.17) is 0 Å². The van der Waals surface area contributed by atoms with Crippen LogP contribution in [0.25, 0.3) is 16.7 Å². The number of fused-ring (bicyclic) bond motifs is 2. The zero-order valence-corrected chi connectivity index (χ0v) is 28.9. The maximum Gasteiger partial charge on any atom is 0.329 e. The number of hydrogen-bond acceptors (Lipinski definition) is 7. The number of alkyl halides is 2. The van der Waals surface area contributed by atoms with Gasteiger partial charge in [0, 0.05) is 32.1 Å². The Balaban J connectivity index is 0.880. The summed E-state index contributed by atoms with van der Waals surface area (Å²) in [6, 6.07) is 6.91. The van der Waals surface area contributed by atoms with Crippen LogP contribution in [0.2, 0.25) is 0 Å². The fourth-order valence-electron chi connectivity index (χ4n) is 8.88. The molecule has 5 heterocycles. The molecule has 2 saturated carbocycles. The van der Waals surface area contributed by atoms with Crippen LogP contribution in [0, 0.1) is 11.8 Å². The van der Waals surface area contributed by atoms with Crippen molar-refractivity contribution >= 4 is 40.1 Å². The minimum Gasteiger partial charge on any atom is -0.319 e. The standard InChI is InChI=1S/C37H41F2N9O4/c1-45-32-25(4-2-5-28(32)48(37(45)52)29-14-15-30(49)43-36(29)51)23-10-6-21(7-11-23)18-22-8-12-24(13-9-22)47-20-27(31(44-47)33(38)39)42-35(50)26-19-41-46-17-3-16-40-34(26)46/h2-5,16-17,19-24,29,33H,6-15,18H2,1H3,(H,42,50)(H,43,49,51)/t21?,22-,23?,24-,29?. The molecule has 3 amide bonds. The van der Waals surface area contributed by atoms with Gasteiger partial charge in [-0.3, -0.25) is 33.5 Å². The molecule has 272 valence electrons. The molecule has 0 spiro atoms. The van der Waals surface area contributed by atoms with Crippen molar-refractivity contribution in [1.29, 1.82) is 0 Å². The molecule has 3 aliphatic rings. The highest BCUT2D eigenvalue weighted by Gasteiger charge is 2.34. The van der Waals surface area contributed by atoms with Crippen LogP contribution in [-0.4, -0.2) is 51.2 Å². The Morgan fingerprint density at radius 2 is 1.75 bits per heavy atom. The minimum absolute atomic E-state index is 0.00235. The molecule has 13 nitrogen and oxygen atoms in total. The van der Waals surface area contributed by atoms with Gasteiger partial charge in [0.15, 0.2) is 11.3 Å². The molecule has 1 unspecified atom stereocenters. The zero-order valence-electron chi connectivity index (χ0n) is 28.9. The van der Waals surface area contributed by atoms with E-state index in [1.54, 1.807) is 33.1 Å². The van der Waals surface area contributed by atoms with E-state index in [0.717, 1.165) is 74.4 Å². The number of anilines is 1. The Morgan fingerprint density at radius 3 is 2.48 bits per heavy atom. The number of imidazole rings is 1. The molecule has 1 atom stereocenters. The van der Waals surface area contributed by atoms with Gasteiger partial charge in [0.25, 0.3) is 12.3 Å². The number of benzene rings is 1. The Kier molecular flexibility index (Phi) is 8.95. The first-order valence-electron chi connectivity index (χ1n) is 18.2. The summed E-state index contributed by atoms with van der Waals surface area (Å²) in [5.74, 6) is 0.149. The van der Waals surface area contributed by atoms with Crippen LogP contribution in [0.15, 0.2) is 53.8 Å².